The van der Waals surface area contributed by atoms with E-state index in [0.717, 1.165) is 22.7 Å². The van der Waals surface area contributed by atoms with Crippen molar-refractivity contribution >= 4 is 17.5 Å². The van der Waals surface area contributed by atoms with Crippen molar-refractivity contribution in [2.24, 2.45) is 0 Å². The van der Waals surface area contributed by atoms with Crippen molar-refractivity contribution in [2.45, 2.75) is 38.8 Å². The van der Waals surface area contributed by atoms with Crippen LogP contribution in [0.3, 0.4) is 0 Å². The van der Waals surface area contributed by atoms with Crippen LogP contribution >= 0.6 is 11.6 Å². The van der Waals surface area contributed by atoms with E-state index in [9.17, 15) is 4.79 Å². The topological polar surface area (TPSA) is 41.1 Å². The Morgan fingerprint density at radius 1 is 1.44 bits per heavy atom. The smallest absolute Gasteiger partial charge is 0.224 e. The number of rotatable bonds is 6. The second-order valence-corrected chi connectivity index (χ2v) is 5.12. The molecule has 0 spiro atoms. The molecule has 0 unspecified atom stereocenters. The molecule has 98 valence electrons. The molecule has 0 radical (unpaired) electrons. The molecule has 1 fully saturated rings. The number of carbonyl (C=O) groups excluding carboxylic acids is 1. The molecule has 3 nitrogen and oxygen atoms in total. The van der Waals surface area contributed by atoms with Crippen molar-refractivity contribution in [3.05, 3.63) is 34.3 Å². The number of likely N-dealkylation sites (N-methyl/N-ethyl adjacent to an activating group) is 1. The fourth-order valence-electron chi connectivity index (χ4n) is 1.86. The van der Waals surface area contributed by atoms with Crippen LogP contribution in [0.1, 0.15) is 30.9 Å². The van der Waals surface area contributed by atoms with Crippen LogP contribution in [0.2, 0.25) is 5.02 Å². The van der Waals surface area contributed by atoms with Gasteiger partial charge in [0.25, 0.3) is 0 Å². The Labute approximate surface area is 113 Å². The van der Waals surface area contributed by atoms with Gasteiger partial charge in [0.15, 0.2) is 0 Å². The quantitative estimate of drug-likeness (QED) is 0.829. The zero-order valence-electron chi connectivity index (χ0n) is 10.6. The van der Waals surface area contributed by atoms with Gasteiger partial charge in [0, 0.05) is 24.2 Å². The second kappa shape index (κ2) is 6.21. The van der Waals surface area contributed by atoms with E-state index < -0.39 is 0 Å². The summed E-state index contributed by atoms with van der Waals surface area (Å²) in [6.45, 7) is 3.38. The standard InChI is InChI=1S/C14H19ClN2O/c1-2-16-14(18)8-10-3-6-13(15)11(7-10)9-17-12-4-5-12/h3,6-7,12,17H,2,4-5,8-9H2,1H3,(H,16,18). The first kappa shape index (κ1) is 13.4. The van der Waals surface area contributed by atoms with Gasteiger partial charge in [0.2, 0.25) is 5.91 Å². The monoisotopic (exact) mass is 266 g/mol. The molecule has 0 aliphatic heterocycles. The van der Waals surface area contributed by atoms with E-state index in [1.54, 1.807) is 0 Å². The first-order chi connectivity index (χ1) is 8.69. The second-order valence-electron chi connectivity index (χ2n) is 4.71. The van der Waals surface area contributed by atoms with Gasteiger partial charge in [-0.1, -0.05) is 23.7 Å². The molecule has 1 aromatic rings. The SMILES string of the molecule is CCNC(=O)Cc1ccc(Cl)c(CNC2CC2)c1. The van der Waals surface area contributed by atoms with E-state index >= 15 is 0 Å². The van der Waals surface area contributed by atoms with Gasteiger partial charge >= 0.3 is 0 Å². The predicted octanol–water partition coefficient (Wildman–Crippen LogP) is 2.27. The molecule has 0 saturated heterocycles. The van der Waals surface area contributed by atoms with Crippen molar-refractivity contribution in [1.29, 1.82) is 0 Å². The molecule has 0 heterocycles. The highest BCUT2D eigenvalue weighted by Gasteiger charge is 2.20. The van der Waals surface area contributed by atoms with Crippen LogP contribution < -0.4 is 10.6 Å². The Hall–Kier alpha value is -1.06. The fraction of sp³-hybridized carbons (Fsp3) is 0.500. The summed E-state index contributed by atoms with van der Waals surface area (Å²) in [5.74, 6) is 0.0564. The largest absolute Gasteiger partial charge is 0.356 e. The average Bonchev–Trinajstić information content (AvgIpc) is 3.14. The number of amides is 1. The van der Waals surface area contributed by atoms with Gasteiger partial charge in [-0.05, 0) is 37.0 Å². The molecule has 2 N–H and O–H groups in total. The zero-order chi connectivity index (χ0) is 13.0. The molecule has 1 aliphatic carbocycles. The number of hydrogen-bond donors (Lipinski definition) is 2. The first-order valence-electron chi connectivity index (χ1n) is 6.46. The lowest BCUT2D eigenvalue weighted by Gasteiger charge is -2.09. The highest BCUT2D eigenvalue weighted by molar-refractivity contribution is 6.31. The number of carbonyl (C=O) groups is 1. The summed E-state index contributed by atoms with van der Waals surface area (Å²) < 4.78 is 0. The Morgan fingerprint density at radius 3 is 2.89 bits per heavy atom. The van der Waals surface area contributed by atoms with Crippen molar-refractivity contribution in [2.75, 3.05) is 6.54 Å². The summed E-state index contributed by atoms with van der Waals surface area (Å²) in [5, 5.41) is 7.00. The zero-order valence-corrected chi connectivity index (χ0v) is 11.4. The third kappa shape index (κ3) is 4.00. The molecule has 18 heavy (non-hydrogen) atoms. The molecule has 0 atom stereocenters. The maximum Gasteiger partial charge on any atom is 0.224 e. The lowest BCUT2D eigenvalue weighted by molar-refractivity contribution is -0.120. The van der Waals surface area contributed by atoms with Crippen LogP contribution in [0, 0.1) is 0 Å². The molecule has 4 heteroatoms. The fourth-order valence-corrected chi connectivity index (χ4v) is 2.04. The maximum atomic E-state index is 11.5. The lowest BCUT2D eigenvalue weighted by atomic mass is 10.1. The van der Waals surface area contributed by atoms with Crippen molar-refractivity contribution in [3.8, 4) is 0 Å². The van der Waals surface area contributed by atoms with Gasteiger partial charge in [0.05, 0.1) is 6.42 Å². The number of benzene rings is 1. The molecule has 0 bridgehead atoms. The van der Waals surface area contributed by atoms with Crippen LogP contribution in [0.15, 0.2) is 18.2 Å². The normalized spacial score (nSPS) is 14.6. The Bertz CT molecular complexity index is 430. The van der Waals surface area contributed by atoms with E-state index in [-0.39, 0.29) is 5.91 Å². The van der Waals surface area contributed by atoms with Crippen molar-refractivity contribution in [3.63, 3.8) is 0 Å². The molecule has 0 aromatic heterocycles. The first-order valence-corrected chi connectivity index (χ1v) is 6.84. The van der Waals surface area contributed by atoms with Gasteiger partial charge in [0.1, 0.15) is 0 Å². The molecule has 2 rings (SSSR count). The predicted molar refractivity (Wildman–Crippen MR) is 73.7 cm³/mol. The lowest BCUT2D eigenvalue weighted by Crippen LogP contribution is -2.24. The Kier molecular flexibility index (Phi) is 4.61. The molecular weight excluding hydrogens is 248 g/mol. The Balaban J connectivity index is 1.97. The van der Waals surface area contributed by atoms with Gasteiger partial charge in [-0.15, -0.1) is 0 Å². The van der Waals surface area contributed by atoms with E-state index in [2.05, 4.69) is 10.6 Å². The van der Waals surface area contributed by atoms with Crippen LogP contribution in [-0.4, -0.2) is 18.5 Å². The van der Waals surface area contributed by atoms with Crippen LogP contribution in [0.5, 0.6) is 0 Å². The minimum Gasteiger partial charge on any atom is -0.356 e. The van der Waals surface area contributed by atoms with Crippen LogP contribution in [0.4, 0.5) is 0 Å². The van der Waals surface area contributed by atoms with Gasteiger partial charge in [-0.3, -0.25) is 4.79 Å². The minimum absolute atomic E-state index is 0.0564. The molecule has 1 aliphatic rings. The number of hydrogen-bond acceptors (Lipinski definition) is 2. The van der Waals surface area contributed by atoms with E-state index in [1.807, 2.05) is 25.1 Å². The molecular formula is C14H19ClN2O. The number of nitrogens with one attached hydrogen (secondary N) is 2. The van der Waals surface area contributed by atoms with Gasteiger partial charge in [-0.2, -0.15) is 0 Å². The van der Waals surface area contributed by atoms with Gasteiger partial charge in [-0.25, -0.2) is 0 Å². The summed E-state index contributed by atoms with van der Waals surface area (Å²) in [4.78, 5) is 11.5. The maximum absolute atomic E-state index is 11.5. The average molecular weight is 267 g/mol. The third-order valence-electron chi connectivity index (χ3n) is 3.01. The molecule has 1 amide bonds. The summed E-state index contributed by atoms with van der Waals surface area (Å²) in [6, 6.07) is 6.47. The summed E-state index contributed by atoms with van der Waals surface area (Å²) in [7, 11) is 0. The summed E-state index contributed by atoms with van der Waals surface area (Å²) in [6.07, 6.45) is 2.94. The van der Waals surface area contributed by atoms with Crippen molar-refractivity contribution < 1.29 is 4.79 Å². The van der Waals surface area contributed by atoms with Crippen LogP contribution in [-0.2, 0) is 17.8 Å². The summed E-state index contributed by atoms with van der Waals surface area (Å²) >= 11 is 6.16. The van der Waals surface area contributed by atoms with E-state index in [1.165, 1.54) is 12.8 Å². The third-order valence-corrected chi connectivity index (χ3v) is 3.38. The Morgan fingerprint density at radius 2 is 2.22 bits per heavy atom. The van der Waals surface area contributed by atoms with E-state index in [4.69, 9.17) is 11.6 Å². The van der Waals surface area contributed by atoms with E-state index in [0.29, 0.717) is 19.0 Å². The van der Waals surface area contributed by atoms with Crippen molar-refractivity contribution in [1.82, 2.24) is 10.6 Å². The highest BCUT2D eigenvalue weighted by atomic mass is 35.5. The number of halogens is 1. The van der Waals surface area contributed by atoms with Gasteiger partial charge < -0.3 is 10.6 Å². The molecule has 1 aromatic carbocycles. The highest BCUT2D eigenvalue weighted by Crippen LogP contribution is 2.22. The summed E-state index contributed by atoms with van der Waals surface area (Å²) in [5.41, 5.74) is 2.09. The minimum atomic E-state index is 0.0564. The van der Waals surface area contributed by atoms with Crippen LogP contribution in [0.25, 0.3) is 0 Å². The molecule has 1 saturated carbocycles.